The molecule has 0 saturated carbocycles. The Kier molecular flexibility index (Phi) is 4.76. The second-order valence-corrected chi connectivity index (χ2v) is 6.55. The summed E-state index contributed by atoms with van der Waals surface area (Å²) in [6, 6.07) is 21.0. The number of benzene rings is 2. The molecule has 0 aliphatic heterocycles. The fourth-order valence-electron chi connectivity index (χ4n) is 3.05. The number of rotatable bonds is 5. The molecule has 28 heavy (non-hydrogen) atoms. The van der Waals surface area contributed by atoms with Crippen molar-refractivity contribution in [3.63, 3.8) is 0 Å². The summed E-state index contributed by atoms with van der Waals surface area (Å²) in [5.74, 6) is 1.60. The molecular weight excluding hydrogens is 352 g/mol. The van der Waals surface area contributed by atoms with Gasteiger partial charge in [0, 0.05) is 11.5 Å². The Labute approximate surface area is 162 Å². The molecule has 0 radical (unpaired) electrons. The van der Waals surface area contributed by atoms with Gasteiger partial charge in [0.15, 0.2) is 12.4 Å². The summed E-state index contributed by atoms with van der Waals surface area (Å²) in [5.41, 5.74) is 2.76. The number of ether oxygens (including phenoxy) is 1. The number of pyridine rings is 1. The highest BCUT2D eigenvalue weighted by Crippen LogP contribution is 2.22. The molecule has 0 spiro atoms. The van der Waals surface area contributed by atoms with Gasteiger partial charge in [-0.3, -0.25) is 4.79 Å². The van der Waals surface area contributed by atoms with Crippen LogP contribution in [0.5, 0.6) is 5.75 Å². The molecule has 0 bridgehead atoms. The third-order valence-corrected chi connectivity index (χ3v) is 4.34. The van der Waals surface area contributed by atoms with Crippen LogP contribution in [0, 0.1) is 13.8 Å². The molecule has 4 rings (SSSR count). The fraction of sp³-hybridized carbons (Fsp3) is 0.136. The molecule has 6 heteroatoms. The predicted molar refractivity (Wildman–Crippen MR) is 109 cm³/mol. The quantitative estimate of drug-likeness (QED) is 0.574. The number of carbonyl (C=O) groups is 1. The Morgan fingerprint density at radius 2 is 1.79 bits per heavy atom. The number of fused-ring (bicyclic) bond motifs is 1. The third-order valence-electron chi connectivity index (χ3n) is 4.34. The molecule has 1 N–H and O–H groups in total. The minimum Gasteiger partial charge on any atom is -0.484 e. The van der Waals surface area contributed by atoms with Gasteiger partial charge in [0.25, 0.3) is 5.91 Å². The van der Waals surface area contributed by atoms with Gasteiger partial charge >= 0.3 is 0 Å². The zero-order valence-electron chi connectivity index (χ0n) is 15.7. The Morgan fingerprint density at radius 3 is 2.61 bits per heavy atom. The van der Waals surface area contributed by atoms with E-state index in [-0.39, 0.29) is 12.5 Å². The number of aryl methyl sites for hydroxylation is 2. The number of para-hydroxylation sites is 2. The minimum absolute atomic E-state index is 0.0849. The van der Waals surface area contributed by atoms with Crippen LogP contribution in [-0.2, 0) is 4.79 Å². The van der Waals surface area contributed by atoms with E-state index in [1.807, 2.05) is 80.6 Å². The van der Waals surface area contributed by atoms with Crippen LogP contribution in [0.1, 0.15) is 11.3 Å². The molecule has 0 atom stereocenters. The lowest BCUT2D eigenvalue weighted by Gasteiger charge is -2.11. The van der Waals surface area contributed by atoms with Gasteiger partial charge in [-0.1, -0.05) is 36.4 Å². The van der Waals surface area contributed by atoms with Crippen molar-refractivity contribution in [3.05, 3.63) is 78.0 Å². The van der Waals surface area contributed by atoms with Crippen LogP contribution in [0.4, 0.5) is 5.82 Å². The molecule has 2 aromatic heterocycles. The highest BCUT2D eigenvalue weighted by atomic mass is 16.5. The van der Waals surface area contributed by atoms with E-state index >= 15 is 0 Å². The molecule has 2 heterocycles. The van der Waals surface area contributed by atoms with Gasteiger partial charge in [0.2, 0.25) is 0 Å². The maximum absolute atomic E-state index is 12.4. The SMILES string of the molecule is Cc1cc(NC(=O)COc2ccccc2)n(-c2cc(C)c3ccccc3n2)n1. The molecule has 4 aromatic rings. The Morgan fingerprint density at radius 1 is 1.04 bits per heavy atom. The molecule has 0 fully saturated rings. The fourth-order valence-corrected chi connectivity index (χ4v) is 3.05. The van der Waals surface area contributed by atoms with Crippen molar-refractivity contribution in [3.8, 4) is 11.6 Å². The first-order valence-electron chi connectivity index (χ1n) is 9.01. The first kappa shape index (κ1) is 17.7. The number of carbonyl (C=O) groups excluding carboxylic acids is 1. The van der Waals surface area contributed by atoms with Crippen LogP contribution < -0.4 is 10.1 Å². The zero-order chi connectivity index (χ0) is 19.5. The number of anilines is 1. The number of hydrogen-bond donors (Lipinski definition) is 1. The summed E-state index contributed by atoms with van der Waals surface area (Å²) >= 11 is 0. The average molecular weight is 372 g/mol. The van der Waals surface area contributed by atoms with E-state index < -0.39 is 0 Å². The van der Waals surface area contributed by atoms with Crippen molar-refractivity contribution in [1.29, 1.82) is 0 Å². The molecule has 6 nitrogen and oxygen atoms in total. The van der Waals surface area contributed by atoms with Crippen LogP contribution in [0.2, 0.25) is 0 Å². The third kappa shape index (κ3) is 3.71. The summed E-state index contributed by atoms with van der Waals surface area (Å²) in [5, 5.41) is 8.46. The lowest BCUT2D eigenvalue weighted by Crippen LogP contribution is -2.22. The first-order valence-corrected chi connectivity index (χ1v) is 9.01. The van der Waals surface area contributed by atoms with E-state index in [1.54, 1.807) is 4.68 Å². The van der Waals surface area contributed by atoms with E-state index in [2.05, 4.69) is 10.4 Å². The summed E-state index contributed by atoms with van der Waals surface area (Å²) in [6.45, 7) is 3.83. The van der Waals surface area contributed by atoms with Crippen molar-refractivity contribution < 1.29 is 9.53 Å². The van der Waals surface area contributed by atoms with Gasteiger partial charge in [0.05, 0.1) is 11.2 Å². The van der Waals surface area contributed by atoms with Gasteiger partial charge in [0.1, 0.15) is 11.6 Å². The second kappa shape index (κ2) is 7.52. The van der Waals surface area contributed by atoms with E-state index in [9.17, 15) is 4.79 Å². The average Bonchev–Trinajstić information content (AvgIpc) is 3.07. The first-order chi connectivity index (χ1) is 13.6. The molecule has 0 aliphatic rings. The highest BCUT2D eigenvalue weighted by Gasteiger charge is 2.14. The van der Waals surface area contributed by atoms with Gasteiger partial charge in [-0.25, -0.2) is 4.98 Å². The van der Waals surface area contributed by atoms with Gasteiger partial charge in [-0.2, -0.15) is 9.78 Å². The molecule has 0 aliphatic carbocycles. The Hall–Kier alpha value is -3.67. The summed E-state index contributed by atoms with van der Waals surface area (Å²) in [7, 11) is 0. The monoisotopic (exact) mass is 372 g/mol. The zero-order valence-corrected chi connectivity index (χ0v) is 15.7. The highest BCUT2D eigenvalue weighted by molar-refractivity contribution is 5.91. The molecule has 0 saturated heterocycles. The summed E-state index contributed by atoms with van der Waals surface area (Å²) in [4.78, 5) is 17.1. The molecule has 1 amide bonds. The van der Waals surface area contributed by atoms with Crippen molar-refractivity contribution >= 4 is 22.6 Å². The van der Waals surface area contributed by atoms with E-state index in [4.69, 9.17) is 9.72 Å². The topological polar surface area (TPSA) is 69.0 Å². The molecule has 140 valence electrons. The maximum atomic E-state index is 12.4. The maximum Gasteiger partial charge on any atom is 0.263 e. The largest absolute Gasteiger partial charge is 0.484 e. The Balaban J connectivity index is 1.58. The van der Waals surface area contributed by atoms with E-state index in [0.29, 0.717) is 17.4 Å². The van der Waals surface area contributed by atoms with E-state index in [1.165, 1.54) is 0 Å². The van der Waals surface area contributed by atoms with Crippen molar-refractivity contribution in [2.24, 2.45) is 0 Å². The van der Waals surface area contributed by atoms with Crippen LogP contribution >= 0.6 is 0 Å². The smallest absolute Gasteiger partial charge is 0.263 e. The number of hydrogen-bond acceptors (Lipinski definition) is 4. The second-order valence-electron chi connectivity index (χ2n) is 6.55. The summed E-state index contributed by atoms with van der Waals surface area (Å²) in [6.07, 6.45) is 0. The molecular formula is C22H20N4O2. The van der Waals surface area contributed by atoms with Gasteiger partial charge < -0.3 is 10.1 Å². The lowest BCUT2D eigenvalue weighted by atomic mass is 10.1. The lowest BCUT2D eigenvalue weighted by molar-refractivity contribution is -0.118. The van der Waals surface area contributed by atoms with Crippen LogP contribution in [0.15, 0.2) is 66.7 Å². The normalized spacial score (nSPS) is 10.8. The van der Waals surface area contributed by atoms with Crippen molar-refractivity contribution in [1.82, 2.24) is 14.8 Å². The van der Waals surface area contributed by atoms with E-state index in [0.717, 1.165) is 22.2 Å². The molecule has 2 aromatic carbocycles. The molecule has 0 unspecified atom stereocenters. The van der Waals surface area contributed by atoms with Crippen molar-refractivity contribution in [2.75, 3.05) is 11.9 Å². The van der Waals surface area contributed by atoms with Crippen molar-refractivity contribution in [2.45, 2.75) is 13.8 Å². The number of nitrogens with one attached hydrogen (secondary N) is 1. The summed E-state index contributed by atoms with van der Waals surface area (Å²) < 4.78 is 7.16. The van der Waals surface area contributed by atoms with Crippen LogP contribution in [-0.4, -0.2) is 27.3 Å². The number of aromatic nitrogens is 3. The van der Waals surface area contributed by atoms with Crippen LogP contribution in [0.25, 0.3) is 16.7 Å². The van der Waals surface area contributed by atoms with Gasteiger partial charge in [-0.15, -0.1) is 0 Å². The Bertz CT molecular complexity index is 1140. The number of nitrogens with zero attached hydrogens (tertiary/aromatic N) is 3. The number of amides is 1. The standard InChI is InChI=1S/C22H20N4O2/c1-15-12-20(23-19-11-7-6-10-18(15)19)26-21(13-16(2)25-26)24-22(27)14-28-17-8-4-3-5-9-17/h3-13H,14H2,1-2H3,(H,24,27). The van der Waals surface area contributed by atoms with Crippen LogP contribution in [0.3, 0.4) is 0 Å². The minimum atomic E-state index is -0.262. The predicted octanol–water partition coefficient (Wildman–Crippen LogP) is 4.05. The van der Waals surface area contributed by atoms with Gasteiger partial charge in [-0.05, 0) is 43.7 Å².